The van der Waals surface area contributed by atoms with Gasteiger partial charge in [-0.15, -0.1) is 0 Å². The maximum Gasteiger partial charge on any atom is 0.263 e. The Kier molecular flexibility index (Phi) is 4.92. The Labute approximate surface area is 128 Å². The van der Waals surface area contributed by atoms with E-state index in [1.54, 1.807) is 18.2 Å². The van der Waals surface area contributed by atoms with E-state index < -0.39 is 11.7 Å². The Morgan fingerprint density at radius 3 is 2.85 bits per heavy atom. The molecule has 2 rings (SSSR count). The van der Waals surface area contributed by atoms with Crippen molar-refractivity contribution in [2.24, 2.45) is 0 Å². The Bertz CT molecular complexity index is 622. The zero-order chi connectivity index (χ0) is 14.5. The van der Waals surface area contributed by atoms with Crippen molar-refractivity contribution in [3.8, 4) is 5.75 Å². The van der Waals surface area contributed by atoms with Gasteiger partial charge in [0, 0.05) is 10.7 Å². The molecular formula is C13H9BrClFN2O2. The van der Waals surface area contributed by atoms with E-state index in [0.717, 1.165) is 0 Å². The molecule has 0 fully saturated rings. The number of carbonyl (C=O) groups is 1. The van der Waals surface area contributed by atoms with Gasteiger partial charge in [-0.25, -0.2) is 9.37 Å². The van der Waals surface area contributed by atoms with Crippen LogP contribution < -0.4 is 10.1 Å². The van der Waals surface area contributed by atoms with Gasteiger partial charge >= 0.3 is 0 Å². The minimum atomic E-state index is -0.545. The van der Waals surface area contributed by atoms with Crippen LogP contribution in [-0.2, 0) is 4.79 Å². The monoisotopic (exact) mass is 358 g/mol. The average molecular weight is 360 g/mol. The predicted molar refractivity (Wildman–Crippen MR) is 77.5 cm³/mol. The van der Waals surface area contributed by atoms with Gasteiger partial charge in [-0.2, -0.15) is 0 Å². The summed E-state index contributed by atoms with van der Waals surface area (Å²) < 4.78 is 19.1. The quantitative estimate of drug-likeness (QED) is 0.906. The molecule has 0 radical (unpaired) electrons. The Hall–Kier alpha value is -1.66. The van der Waals surface area contributed by atoms with Crippen LogP contribution in [0.5, 0.6) is 5.75 Å². The molecule has 4 nitrogen and oxygen atoms in total. The SMILES string of the molecule is O=C(COc1ccc(Br)cc1F)Nc1ccc(Cl)cn1. The summed E-state index contributed by atoms with van der Waals surface area (Å²) in [6.45, 7) is -0.317. The normalized spacial score (nSPS) is 10.2. The van der Waals surface area contributed by atoms with Crippen LogP contribution in [0.25, 0.3) is 0 Å². The number of rotatable bonds is 4. The number of nitrogens with zero attached hydrogens (tertiary/aromatic N) is 1. The van der Waals surface area contributed by atoms with Crippen molar-refractivity contribution >= 4 is 39.3 Å². The van der Waals surface area contributed by atoms with Gasteiger partial charge in [-0.1, -0.05) is 27.5 Å². The third kappa shape index (κ3) is 4.18. The minimum Gasteiger partial charge on any atom is -0.481 e. The summed E-state index contributed by atoms with van der Waals surface area (Å²) in [5, 5.41) is 2.97. The van der Waals surface area contributed by atoms with Crippen LogP contribution in [0.15, 0.2) is 41.0 Å². The van der Waals surface area contributed by atoms with E-state index >= 15 is 0 Å². The Balaban J connectivity index is 1.90. The van der Waals surface area contributed by atoms with Crippen molar-refractivity contribution in [3.05, 3.63) is 51.8 Å². The molecule has 0 unspecified atom stereocenters. The lowest BCUT2D eigenvalue weighted by atomic mass is 10.3. The van der Waals surface area contributed by atoms with Crippen molar-refractivity contribution in [2.45, 2.75) is 0 Å². The van der Waals surface area contributed by atoms with E-state index in [4.69, 9.17) is 16.3 Å². The molecule has 104 valence electrons. The van der Waals surface area contributed by atoms with Crippen LogP contribution in [-0.4, -0.2) is 17.5 Å². The number of halogens is 3. The van der Waals surface area contributed by atoms with Crippen LogP contribution in [0.1, 0.15) is 0 Å². The lowest BCUT2D eigenvalue weighted by Gasteiger charge is -2.08. The summed E-state index contributed by atoms with van der Waals surface area (Å²) in [6.07, 6.45) is 1.41. The van der Waals surface area contributed by atoms with Gasteiger partial charge in [0.2, 0.25) is 0 Å². The number of hydrogen-bond acceptors (Lipinski definition) is 3. The summed E-state index contributed by atoms with van der Waals surface area (Å²) in [4.78, 5) is 15.5. The largest absolute Gasteiger partial charge is 0.481 e. The zero-order valence-corrected chi connectivity index (χ0v) is 12.4. The zero-order valence-electron chi connectivity index (χ0n) is 10.1. The molecule has 1 aromatic heterocycles. The second-order valence-corrected chi connectivity index (χ2v) is 5.13. The molecule has 20 heavy (non-hydrogen) atoms. The van der Waals surface area contributed by atoms with Crippen molar-refractivity contribution < 1.29 is 13.9 Å². The molecule has 0 aliphatic heterocycles. The topological polar surface area (TPSA) is 51.2 Å². The highest BCUT2D eigenvalue weighted by molar-refractivity contribution is 9.10. The summed E-state index contributed by atoms with van der Waals surface area (Å²) in [5.41, 5.74) is 0. The smallest absolute Gasteiger partial charge is 0.263 e. The molecule has 1 N–H and O–H groups in total. The first-order valence-corrected chi connectivity index (χ1v) is 6.71. The first-order chi connectivity index (χ1) is 9.54. The number of nitrogens with one attached hydrogen (secondary N) is 1. The van der Waals surface area contributed by atoms with Crippen LogP contribution in [0.2, 0.25) is 5.02 Å². The van der Waals surface area contributed by atoms with Crippen molar-refractivity contribution in [2.75, 3.05) is 11.9 Å². The highest BCUT2D eigenvalue weighted by Crippen LogP contribution is 2.21. The van der Waals surface area contributed by atoms with Crippen molar-refractivity contribution in [3.63, 3.8) is 0 Å². The Morgan fingerprint density at radius 2 is 2.20 bits per heavy atom. The van der Waals surface area contributed by atoms with E-state index in [9.17, 15) is 9.18 Å². The summed E-state index contributed by atoms with van der Waals surface area (Å²) >= 11 is 8.81. The first kappa shape index (κ1) is 14.7. The minimum absolute atomic E-state index is 0.00687. The number of pyridine rings is 1. The molecule has 1 heterocycles. The average Bonchev–Trinajstić information content (AvgIpc) is 2.40. The van der Waals surface area contributed by atoms with Gasteiger partial charge in [-0.05, 0) is 30.3 Å². The van der Waals surface area contributed by atoms with Gasteiger partial charge in [0.15, 0.2) is 18.2 Å². The van der Waals surface area contributed by atoms with Gasteiger partial charge in [0.05, 0.1) is 5.02 Å². The van der Waals surface area contributed by atoms with E-state index in [-0.39, 0.29) is 12.4 Å². The number of anilines is 1. The lowest BCUT2D eigenvalue weighted by Crippen LogP contribution is -2.21. The third-order valence-electron chi connectivity index (χ3n) is 2.25. The predicted octanol–water partition coefficient (Wildman–Crippen LogP) is 3.65. The number of ether oxygens (including phenoxy) is 1. The fourth-order valence-electron chi connectivity index (χ4n) is 1.36. The van der Waals surface area contributed by atoms with Crippen LogP contribution >= 0.6 is 27.5 Å². The standard InChI is InChI=1S/C13H9BrClFN2O2/c14-8-1-3-11(10(16)5-8)20-7-13(19)18-12-4-2-9(15)6-17-12/h1-6H,7H2,(H,17,18,19). The van der Waals surface area contributed by atoms with Gasteiger partial charge in [0.1, 0.15) is 5.82 Å². The third-order valence-corrected chi connectivity index (χ3v) is 2.96. The molecule has 0 atom stereocenters. The summed E-state index contributed by atoms with van der Waals surface area (Å²) in [5.74, 6) is -0.634. The Morgan fingerprint density at radius 1 is 1.40 bits per heavy atom. The number of benzene rings is 1. The summed E-state index contributed by atoms with van der Waals surface area (Å²) in [7, 11) is 0. The molecule has 1 aromatic carbocycles. The fraction of sp³-hybridized carbons (Fsp3) is 0.0769. The molecule has 0 saturated heterocycles. The molecule has 0 spiro atoms. The number of amides is 1. The maximum atomic E-state index is 13.5. The van der Waals surface area contributed by atoms with Crippen LogP contribution in [0.4, 0.5) is 10.2 Å². The molecule has 0 aliphatic rings. The molecule has 1 amide bonds. The molecule has 0 aliphatic carbocycles. The molecule has 0 saturated carbocycles. The van der Waals surface area contributed by atoms with Crippen LogP contribution in [0.3, 0.4) is 0 Å². The number of hydrogen-bond donors (Lipinski definition) is 1. The summed E-state index contributed by atoms with van der Waals surface area (Å²) in [6, 6.07) is 7.47. The maximum absolute atomic E-state index is 13.5. The highest BCUT2D eigenvalue weighted by Gasteiger charge is 2.08. The van der Waals surface area contributed by atoms with E-state index in [1.165, 1.54) is 18.3 Å². The number of aromatic nitrogens is 1. The van der Waals surface area contributed by atoms with Crippen molar-refractivity contribution in [1.82, 2.24) is 4.98 Å². The van der Waals surface area contributed by atoms with E-state index in [1.807, 2.05) is 0 Å². The fourth-order valence-corrected chi connectivity index (χ4v) is 1.81. The van der Waals surface area contributed by atoms with Crippen molar-refractivity contribution in [1.29, 1.82) is 0 Å². The second-order valence-electron chi connectivity index (χ2n) is 3.77. The molecular weight excluding hydrogens is 351 g/mol. The molecule has 0 bridgehead atoms. The molecule has 7 heteroatoms. The lowest BCUT2D eigenvalue weighted by molar-refractivity contribution is -0.118. The van der Waals surface area contributed by atoms with Gasteiger partial charge < -0.3 is 10.1 Å². The second kappa shape index (κ2) is 6.67. The highest BCUT2D eigenvalue weighted by atomic mass is 79.9. The first-order valence-electron chi connectivity index (χ1n) is 5.54. The van der Waals surface area contributed by atoms with Gasteiger partial charge in [-0.3, -0.25) is 4.79 Å². The molecule has 2 aromatic rings. The van der Waals surface area contributed by atoms with E-state index in [0.29, 0.717) is 15.3 Å². The number of carbonyl (C=O) groups excluding carboxylic acids is 1. The van der Waals surface area contributed by atoms with Gasteiger partial charge in [0.25, 0.3) is 5.91 Å². The van der Waals surface area contributed by atoms with Crippen LogP contribution in [0, 0.1) is 5.82 Å². The van der Waals surface area contributed by atoms with E-state index in [2.05, 4.69) is 26.2 Å².